The fourth-order valence-corrected chi connectivity index (χ4v) is 3.06. The minimum atomic E-state index is -0.740. The van der Waals surface area contributed by atoms with Gasteiger partial charge in [-0.2, -0.15) is 0 Å². The highest BCUT2D eigenvalue weighted by Crippen LogP contribution is 2.16. The summed E-state index contributed by atoms with van der Waals surface area (Å²) in [5, 5.41) is 8.22. The van der Waals surface area contributed by atoms with Crippen molar-refractivity contribution in [3.05, 3.63) is 24.3 Å². The average Bonchev–Trinajstić information content (AvgIpc) is 2.63. The van der Waals surface area contributed by atoms with Gasteiger partial charge in [0.05, 0.1) is 6.42 Å². The molecule has 0 unspecified atom stereocenters. The number of hydrogen-bond donors (Lipinski definition) is 3. The first kappa shape index (κ1) is 17.9. The highest BCUT2D eigenvalue weighted by Gasteiger charge is 2.29. The molecule has 2 heterocycles. The number of benzene rings is 1. The SMILES string of the molecule is CC(=O)Nc1ccc(NC(=O)[C@@H]2CC(=O)NC(N3CCCCC3)=N2)cc1. The number of piperidine rings is 1. The van der Waals surface area contributed by atoms with E-state index >= 15 is 0 Å². The van der Waals surface area contributed by atoms with Crippen LogP contribution in [-0.4, -0.2) is 47.7 Å². The lowest BCUT2D eigenvalue weighted by Crippen LogP contribution is -2.51. The molecule has 1 aromatic rings. The number of likely N-dealkylation sites (tertiary alicyclic amines) is 1. The Morgan fingerprint density at radius 2 is 1.69 bits per heavy atom. The normalized spacial score (nSPS) is 20.0. The van der Waals surface area contributed by atoms with Crippen LogP contribution in [-0.2, 0) is 14.4 Å². The van der Waals surface area contributed by atoms with Crippen LogP contribution in [0.1, 0.15) is 32.6 Å². The van der Waals surface area contributed by atoms with Gasteiger partial charge in [-0.3, -0.25) is 19.7 Å². The molecule has 0 radical (unpaired) electrons. The second-order valence-electron chi connectivity index (χ2n) is 6.52. The maximum Gasteiger partial charge on any atom is 0.249 e. The van der Waals surface area contributed by atoms with Gasteiger partial charge in [0.15, 0.2) is 0 Å². The highest BCUT2D eigenvalue weighted by molar-refractivity contribution is 6.06. The van der Waals surface area contributed by atoms with Gasteiger partial charge in [-0.25, -0.2) is 4.99 Å². The first-order valence-corrected chi connectivity index (χ1v) is 8.82. The number of hydrogen-bond acceptors (Lipinski definition) is 5. The Balaban J connectivity index is 1.66. The van der Waals surface area contributed by atoms with Crippen molar-refractivity contribution in [3.63, 3.8) is 0 Å². The Bertz CT molecular complexity index is 723. The van der Waals surface area contributed by atoms with E-state index in [-0.39, 0.29) is 24.1 Å². The van der Waals surface area contributed by atoms with Crippen LogP contribution in [0.2, 0.25) is 0 Å². The van der Waals surface area contributed by atoms with E-state index in [9.17, 15) is 14.4 Å². The van der Waals surface area contributed by atoms with Gasteiger partial charge in [0.2, 0.25) is 23.7 Å². The fraction of sp³-hybridized carbons (Fsp3) is 0.444. The molecule has 26 heavy (non-hydrogen) atoms. The summed E-state index contributed by atoms with van der Waals surface area (Å²) in [5.41, 5.74) is 1.24. The topological polar surface area (TPSA) is 103 Å². The van der Waals surface area contributed by atoms with E-state index in [1.165, 1.54) is 13.3 Å². The van der Waals surface area contributed by atoms with Crippen molar-refractivity contribution in [2.75, 3.05) is 23.7 Å². The summed E-state index contributed by atoms with van der Waals surface area (Å²) in [5.74, 6) is -0.167. The molecule has 1 atom stereocenters. The first-order chi connectivity index (χ1) is 12.5. The van der Waals surface area contributed by atoms with Gasteiger partial charge >= 0.3 is 0 Å². The number of anilines is 2. The summed E-state index contributed by atoms with van der Waals surface area (Å²) in [6, 6.07) is 6.05. The number of amides is 3. The van der Waals surface area contributed by atoms with Crippen molar-refractivity contribution in [1.82, 2.24) is 10.2 Å². The van der Waals surface area contributed by atoms with E-state index in [2.05, 4.69) is 20.9 Å². The predicted molar refractivity (Wildman–Crippen MR) is 98.8 cm³/mol. The van der Waals surface area contributed by atoms with Gasteiger partial charge in [-0.1, -0.05) is 0 Å². The molecule has 8 heteroatoms. The molecule has 1 fully saturated rings. The summed E-state index contributed by atoms with van der Waals surface area (Å²) in [4.78, 5) is 42.0. The number of carbonyl (C=O) groups excluding carboxylic acids is 3. The van der Waals surface area contributed by atoms with Crippen LogP contribution < -0.4 is 16.0 Å². The van der Waals surface area contributed by atoms with Gasteiger partial charge in [0, 0.05) is 31.4 Å². The molecule has 1 aromatic carbocycles. The average molecular weight is 357 g/mol. The van der Waals surface area contributed by atoms with Crippen LogP contribution in [0.4, 0.5) is 11.4 Å². The summed E-state index contributed by atoms with van der Waals surface area (Å²) in [6.45, 7) is 3.12. The fourth-order valence-electron chi connectivity index (χ4n) is 3.06. The van der Waals surface area contributed by atoms with Crippen molar-refractivity contribution in [1.29, 1.82) is 0 Å². The van der Waals surface area contributed by atoms with Gasteiger partial charge in [0.25, 0.3) is 0 Å². The van der Waals surface area contributed by atoms with Gasteiger partial charge in [0.1, 0.15) is 6.04 Å². The molecule has 0 aliphatic carbocycles. The third kappa shape index (κ3) is 4.59. The second-order valence-corrected chi connectivity index (χ2v) is 6.52. The van der Waals surface area contributed by atoms with E-state index in [4.69, 9.17) is 0 Å². The first-order valence-electron chi connectivity index (χ1n) is 8.82. The molecule has 1 saturated heterocycles. The zero-order valence-electron chi connectivity index (χ0n) is 14.7. The van der Waals surface area contributed by atoms with Crippen molar-refractivity contribution >= 4 is 35.1 Å². The molecular weight excluding hydrogens is 334 g/mol. The number of carbonyl (C=O) groups is 3. The minimum Gasteiger partial charge on any atom is -0.343 e. The lowest BCUT2D eigenvalue weighted by molar-refractivity contribution is -0.125. The highest BCUT2D eigenvalue weighted by atomic mass is 16.2. The van der Waals surface area contributed by atoms with Crippen LogP contribution in [0.15, 0.2) is 29.3 Å². The van der Waals surface area contributed by atoms with Crippen LogP contribution in [0.5, 0.6) is 0 Å². The Labute approximate surface area is 152 Å². The molecule has 0 bridgehead atoms. The molecule has 138 valence electrons. The van der Waals surface area contributed by atoms with Crippen LogP contribution in [0.25, 0.3) is 0 Å². The third-order valence-electron chi connectivity index (χ3n) is 4.34. The van der Waals surface area contributed by atoms with Gasteiger partial charge in [-0.05, 0) is 43.5 Å². The molecule has 0 spiro atoms. The summed E-state index contributed by atoms with van der Waals surface area (Å²) >= 11 is 0. The molecule has 3 N–H and O–H groups in total. The minimum absolute atomic E-state index is 0.0349. The number of guanidine groups is 1. The molecule has 3 rings (SSSR count). The van der Waals surface area contributed by atoms with Crippen LogP contribution in [0, 0.1) is 0 Å². The van der Waals surface area contributed by atoms with E-state index in [1.807, 2.05) is 4.90 Å². The van der Waals surface area contributed by atoms with Crippen LogP contribution >= 0.6 is 0 Å². The van der Waals surface area contributed by atoms with E-state index in [0.29, 0.717) is 17.3 Å². The predicted octanol–water partition coefficient (Wildman–Crippen LogP) is 1.31. The number of nitrogens with one attached hydrogen (secondary N) is 3. The third-order valence-corrected chi connectivity index (χ3v) is 4.34. The smallest absolute Gasteiger partial charge is 0.249 e. The monoisotopic (exact) mass is 357 g/mol. The Morgan fingerprint density at radius 3 is 2.31 bits per heavy atom. The molecular formula is C18H23N5O3. The number of aliphatic imine (C=N–C) groups is 1. The maximum absolute atomic E-state index is 12.5. The Morgan fingerprint density at radius 1 is 1.08 bits per heavy atom. The maximum atomic E-state index is 12.5. The standard InChI is InChI=1S/C18H23N5O3/c1-12(24)19-13-5-7-14(8-6-13)20-17(26)15-11-16(25)22-18(21-15)23-9-3-2-4-10-23/h5-8,15H,2-4,9-11H2,1H3,(H,19,24)(H,20,26)(H,21,22,25)/t15-/m0/s1. The quantitative estimate of drug-likeness (QED) is 0.759. The zero-order valence-corrected chi connectivity index (χ0v) is 14.7. The van der Waals surface area contributed by atoms with Crippen molar-refractivity contribution < 1.29 is 14.4 Å². The molecule has 0 aromatic heterocycles. The van der Waals surface area contributed by atoms with E-state index in [1.54, 1.807) is 24.3 Å². The number of nitrogens with zero attached hydrogens (tertiary/aromatic N) is 2. The van der Waals surface area contributed by atoms with E-state index in [0.717, 1.165) is 25.9 Å². The summed E-state index contributed by atoms with van der Waals surface area (Å²) in [6.07, 6.45) is 3.34. The number of rotatable bonds is 3. The molecule has 2 aliphatic rings. The molecule has 2 aliphatic heterocycles. The Hall–Kier alpha value is -2.90. The van der Waals surface area contributed by atoms with Gasteiger partial charge in [-0.15, -0.1) is 0 Å². The lowest BCUT2D eigenvalue weighted by atomic mass is 10.1. The molecule has 8 nitrogen and oxygen atoms in total. The molecule has 0 saturated carbocycles. The summed E-state index contributed by atoms with van der Waals surface area (Å²) < 4.78 is 0. The van der Waals surface area contributed by atoms with Crippen molar-refractivity contribution in [2.45, 2.75) is 38.6 Å². The second kappa shape index (κ2) is 7.99. The lowest BCUT2D eigenvalue weighted by Gasteiger charge is -2.32. The Kier molecular flexibility index (Phi) is 5.50. The van der Waals surface area contributed by atoms with Crippen LogP contribution in [0.3, 0.4) is 0 Å². The zero-order chi connectivity index (χ0) is 18.5. The largest absolute Gasteiger partial charge is 0.343 e. The van der Waals surface area contributed by atoms with Crippen molar-refractivity contribution in [3.8, 4) is 0 Å². The molecule has 3 amide bonds. The van der Waals surface area contributed by atoms with Gasteiger partial charge < -0.3 is 15.5 Å². The van der Waals surface area contributed by atoms with Crippen molar-refractivity contribution in [2.24, 2.45) is 4.99 Å². The summed E-state index contributed by atoms with van der Waals surface area (Å²) in [7, 11) is 0. The van der Waals surface area contributed by atoms with E-state index < -0.39 is 6.04 Å².